The van der Waals surface area contributed by atoms with Gasteiger partial charge in [-0.15, -0.1) is 0 Å². The van der Waals surface area contributed by atoms with Crippen molar-refractivity contribution in [3.8, 4) is 22.8 Å². The summed E-state index contributed by atoms with van der Waals surface area (Å²) in [5, 5.41) is 22.1. The number of hydrogen-bond donors (Lipinski definition) is 3. The van der Waals surface area contributed by atoms with Gasteiger partial charge in [0.1, 0.15) is 11.5 Å². The van der Waals surface area contributed by atoms with Crippen molar-refractivity contribution in [2.45, 2.75) is 0 Å². The van der Waals surface area contributed by atoms with Crippen LogP contribution in [0, 0.1) is 5.82 Å². The monoisotopic (exact) mass is 210 g/mol. The molecule has 5 nitrogen and oxygen atoms in total. The maximum absolute atomic E-state index is 13.3. The van der Waals surface area contributed by atoms with Crippen molar-refractivity contribution in [2.75, 3.05) is 5.73 Å². The van der Waals surface area contributed by atoms with E-state index in [0.29, 0.717) is 0 Å². The minimum atomic E-state index is -0.724. The van der Waals surface area contributed by atoms with E-state index in [1.807, 2.05) is 0 Å². The average molecular weight is 210 g/mol. The summed E-state index contributed by atoms with van der Waals surface area (Å²) in [6, 6.07) is 3.30. The first-order chi connectivity index (χ1) is 7.09. The molecule has 0 aliphatic carbocycles. The highest BCUT2D eigenvalue weighted by molar-refractivity contribution is 5.71. The second-order valence-electron chi connectivity index (χ2n) is 2.90. The second-order valence-corrected chi connectivity index (χ2v) is 2.90. The SMILES string of the molecule is Nc1cc(-c2c(F)ccc(O)c2O)no1. The van der Waals surface area contributed by atoms with Gasteiger partial charge in [0.05, 0.1) is 5.56 Å². The van der Waals surface area contributed by atoms with Crippen LogP contribution in [0.1, 0.15) is 0 Å². The predicted octanol–water partition coefficient (Wildman–Crippen LogP) is 1.47. The van der Waals surface area contributed by atoms with E-state index in [0.717, 1.165) is 12.1 Å². The number of nitrogens with two attached hydrogens (primary N) is 1. The van der Waals surface area contributed by atoms with Gasteiger partial charge in [-0.25, -0.2) is 4.39 Å². The summed E-state index contributed by atoms with van der Waals surface area (Å²) in [6.45, 7) is 0. The number of nitrogens with zero attached hydrogens (tertiary/aromatic N) is 1. The third kappa shape index (κ3) is 1.45. The van der Waals surface area contributed by atoms with E-state index in [-0.39, 0.29) is 17.1 Å². The van der Waals surface area contributed by atoms with Crippen molar-refractivity contribution >= 4 is 5.88 Å². The van der Waals surface area contributed by atoms with E-state index in [9.17, 15) is 14.6 Å². The fraction of sp³-hybridized carbons (Fsp3) is 0. The lowest BCUT2D eigenvalue weighted by atomic mass is 10.1. The fourth-order valence-electron chi connectivity index (χ4n) is 1.21. The first-order valence-corrected chi connectivity index (χ1v) is 4.02. The summed E-state index contributed by atoms with van der Waals surface area (Å²) in [5.74, 6) is -1.76. The van der Waals surface area contributed by atoms with Crippen LogP contribution < -0.4 is 5.73 Å². The summed E-state index contributed by atoms with van der Waals surface area (Å²) in [4.78, 5) is 0. The smallest absolute Gasteiger partial charge is 0.222 e. The molecule has 0 radical (unpaired) electrons. The molecule has 6 heteroatoms. The maximum atomic E-state index is 13.3. The number of rotatable bonds is 1. The Morgan fingerprint density at radius 2 is 2.07 bits per heavy atom. The van der Waals surface area contributed by atoms with Crippen molar-refractivity contribution in [3.63, 3.8) is 0 Å². The van der Waals surface area contributed by atoms with Crippen LogP contribution in [0.2, 0.25) is 0 Å². The van der Waals surface area contributed by atoms with Gasteiger partial charge in [0, 0.05) is 6.07 Å². The van der Waals surface area contributed by atoms with E-state index in [1.54, 1.807) is 0 Å². The van der Waals surface area contributed by atoms with Crippen LogP contribution >= 0.6 is 0 Å². The number of phenolic OH excluding ortho intramolecular Hbond substituents is 2. The Hall–Kier alpha value is -2.24. The molecule has 0 unspecified atom stereocenters. The number of aromatic nitrogens is 1. The Kier molecular flexibility index (Phi) is 1.96. The zero-order valence-electron chi connectivity index (χ0n) is 7.44. The van der Waals surface area contributed by atoms with Crippen LogP contribution in [-0.2, 0) is 0 Å². The molecule has 1 heterocycles. The van der Waals surface area contributed by atoms with Gasteiger partial charge in [-0.2, -0.15) is 0 Å². The molecule has 2 aromatic rings. The molecule has 15 heavy (non-hydrogen) atoms. The van der Waals surface area contributed by atoms with E-state index in [1.165, 1.54) is 6.07 Å². The van der Waals surface area contributed by atoms with Gasteiger partial charge in [0.15, 0.2) is 11.5 Å². The summed E-state index contributed by atoms with van der Waals surface area (Å²) < 4.78 is 17.9. The van der Waals surface area contributed by atoms with Crippen LogP contribution in [0.3, 0.4) is 0 Å². The summed E-state index contributed by atoms with van der Waals surface area (Å²) in [7, 11) is 0. The standard InChI is InChI=1S/C9H7FN2O3/c10-4-1-2-6(13)9(14)8(4)5-3-7(11)15-12-5/h1-3,13-14H,11H2. The van der Waals surface area contributed by atoms with Gasteiger partial charge in [-0.3, -0.25) is 0 Å². The Bertz CT molecular complexity index is 510. The quantitative estimate of drug-likeness (QED) is 0.620. The molecule has 0 aliphatic heterocycles. The molecule has 0 saturated heterocycles. The van der Waals surface area contributed by atoms with Gasteiger partial charge >= 0.3 is 0 Å². The number of halogens is 1. The zero-order chi connectivity index (χ0) is 11.0. The van der Waals surface area contributed by atoms with E-state index in [2.05, 4.69) is 9.68 Å². The lowest BCUT2D eigenvalue weighted by Gasteiger charge is -2.03. The van der Waals surface area contributed by atoms with Crippen LogP contribution in [0.25, 0.3) is 11.3 Å². The molecule has 4 N–H and O–H groups in total. The normalized spacial score (nSPS) is 10.5. The van der Waals surface area contributed by atoms with Crippen molar-refractivity contribution < 1.29 is 19.1 Å². The maximum Gasteiger partial charge on any atom is 0.222 e. The summed E-state index contributed by atoms with van der Waals surface area (Å²) in [5.41, 5.74) is 5.04. The number of anilines is 1. The molecule has 0 saturated carbocycles. The van der Waals surface area contributed by atoms with Gasteiger partial charge in [0.2, 0.25) is 5.88 Å². The molecular formula is C9H7FN2O3. The molecule has 0 atom stereocenters. The number of nitrogen functional groups attached to an aromatic ring is 1. The topological polar surface area (TPSA) is 92.5 Å². The lowest BCUT2D eigenvalue weighted by molar-refractivity contribution is 0.400. The molecule has 0 spiro atoms. The van der Waals surface area contributed by atoms with E-state index in [4.69, 9.17) is 5.73 Å². The number of phenols is 2. The highest BCUT2D eigenvalue weighted by Gasteiger charge is 2.17. The molecule has 1 aromatic heterocycles. The van der Waals surface area contributed by atoms with Gasteiger partial charge in [0.25, 0.3) is 0 Å². The first-order valence-electron chi connectivity index (χ1n) is 4.02. The largest absolute Gasteiger partial charge is 0.504 e. The van der Waals surface area contributed by atoms with Gasteiger partial charge in [-0.05, 0) is 12.1 Å². The second kappa shape index (κ2) is 3.16. The predicted molar refractivity (Wildman–Crippen MR) is 49.6 cm³/mol. The first kappa shape index (κ1) is 9.32. The Labute approximate surface area is 83.5 Å². The molecule has 0 bridgehead atoms. The molecule has 2 rings (SSSR count). The molecule has 78 valence electrons. The van der Waals surface area contributed by atoms with E-state index >= 15 is 0 Å². The van der Waals surface area contributed by atoms with Crippen LogP contribution in [0.5, 0.6) is 11.5 Å². The summed E-state index contributed by atoms with van der Waals surface area (Å²) >= 11 is 0. The third-order valence-corrected chi connectivity index (χ3v) is 1.89. The third-order valence-electron chi connectivity index (χ3n) is 1.89. The zero-order valence-corrected chi connectivity index (χ0v) is 7.44. The Morgan fingerprint density at radius 1 is 1.33 bits per heavy atom. The minimum absolute atomic E-state index is 0.00728. The summed E-state index contributed by atoms with van der Waals surface area (Å²) in [6.07, 6.45) is 0. The highest BCUT2D eigenvalue weighted by atomic mass is 19.1. The van der Waals surface area contributed by atoms with Crippen molar-refractivity contribution in [1.82, 2.24) is 5.16 Å². The molecular weight excluding hydrogens is 203 g/mol. The van der Waals surface area contributed by atoms with Gasteiger partial charge < -0.3 is 20.5 Å². The Balaban J connectivity index is 2.66. The van der Waals surface area contributed by atoms with Gasteiger partial charge in [-0.1, -0.05) is 5.16 Å². The van der Waals surface area contributed by atoms with Crippen molar-refractivity contribution in [2.24, 2.45) is 0 Å². The number of benzene rings is 1. The van der Waals surface area contributed by atoms with Crippen molar-refractivity contribution in [1.29, 1.82) is 0 Å². The van der Waals surface area contributed by atoms with Crippen LogP contribution in [0.15, 0.2) is 22.7 Å². The fourth-order valence-corrected chi connectivity index (χ4v) is 1.21. The van der Waals surface area contributed by atoms with Crippen LogP contribution in [0.4, 0.5) is 10.3 Å². The minimum Gasteiger partial charge on any atom is -0.504 e. The number of aromatic hydroxyl groups is 2. The Morgan fingerprint density at radius 3 is 2.67 bits per heavy atom. The molecule has 0 fully saturated rings. The van der Waals surface area contributed by atoms with Crippen LogP contribution in [-0.4, -0.2) is 15.4 Å². The molecule has 0 amide bonds. The van der Waals surface area contributed by atoms with Crippen molar-refractivity contribution in [3.05, 3.63) is 24.0 Å². The highest BCUT2D eigenvalue weighted by Crippen LogP contribution is 2.38. The molecule has 1 aromatic carbocycles. The van der Waals surface area contributed by atoms with E-state index < -0.39 is 17.3 Å². The average Bonchev–Trinajstić information content (AvgIpc) is 2.59. The number of hydrogen-bond acceptors (Lipinski definition) is 5. The molecule has 0 aliphatic rings. The lowest BCUT2D eigenvalue weighted by Crippen LogP contribution is -1.85.